The molecule has 0 saturated heterocycles. The lowest BCUT2D eigenvalue weighted by Gasteiger charge is -2.15. The second-order valence-electron chi connectivity index (χ2n) is 5.03. The predicted octanol–water partition coefficient (Wildman–Crippen LogP) is -0.126. The molecule has 0 spiro atoms. The van der Waals surface area contributed by atoms with Crippen molar-refractivity contribution in [3.8, 4) is 0 Å². The number of nitrogens with two attached hydrogens (primary N) is 1. The summed E-state index contributed by atoms with van der Waals surface area (Å²) in [7, 11) is 1.22. The number of carbonyl (C=O) groups is 2. The van der Waals surface area contributed by atoms with E-state index in [-0.39, 0.29) is 19.2 Å². The number of aliphatic hydroxyl groups is 1. The zero-order chi connectivity index (χ0) is 16.8. The molecule has 1 aliphatic heterocycles. The van der Waals surface area contributed by atoms with Crippen molar-refractivity contribution in [3.05, 3.63) is 47.7 Å². The van der Waals surface area contributed by atoms with Gasteiger partial charge < -0.3 is 20.3 Å². The summed E-state index contributed by atoms with van der Waals surface area (Å²) in [6, 6.07) is 6.28. The molecule has 0 bridgehead atoms. The van der Waals surface area contributed by atoms with E-state index in [4.69, 9.17) is 20.3 Å². The van der Waals surface area contributed by atoms with Gasteiger partial charge in [0.2, 0.25) is 12.6 Å². The van der Waals surface area contributed by atoms with Crippen LogP contribution in [0.15, 0.2) is 36.5 Å². The Morgan fingerprint density at radius 2 is 2.04 bits per heavy atom. The first kappa shape index (κ1) is 16.9. The van der Waals surface area contributed by atoms with Crippen LogP contribution in [0.4, 0.5) is 0 Å². The number of aliphatic hydroxyl groups excluding tert-OH is 1. The molecule has 2 rings (SSSR count). The Hall–Kier alpha value is -2.51. The Morgan fingerprint density at radius 1 is 1.35 bits per heavy atom. The second-order valence-corrected chi connectivity index (χ2v) is 5.03. The Balaban J connectivity index is 2.09. The third-order valence-electron chi connectivity index (χ3n) is 3.30. The first-order chi connectivity index (χ1) is 11.0. The van der Waals surface area contributed by atoms with Gasteiger partial charge in [-0.15, -0.1) is 0 Å². The number of hydrogen-bond acceptors (Lipinski definition) is 6. The van der Waals surface area contributed by atoms with Gasteiger partial charge in [0, 0.05) is 11.6 Å². The lowest BCUT2D eigenvalue weighted by Crippen LogP contribution is -2.27. The molecule has 7 nitrogen and oxygen atoms in total. The maximum absolute atomic E-state index is 12.0. The number of benzene rings is 1. The van der Waals surface area contributed by atoms with Crippen LogP contribution >= 0.6 is 0 Å². The fraction of sp³-hybridized carbons (Fsp3) is 0.312. The molecule has 7 heteroatoms. The lowest BCUT2D eigenvalue weighted by molar-refractivity contribution is -0.440. The lowest BCUT2D eigenvalue weighted by atomic mass is 10.1. The largest absolute Gasteiger partial charge is 0.466 e. The normalized spacial score (nSPS) is 17.5. The molecule has 122 valence electrons. The summed E-state index contributed by atoms with van der Waals surface area (Å²) >= 11 is 0. The van der Waals surface area contributed by atoms with Crippen LogP contribution < -0.4 is 5.73 Å². The summed E-state index contributed by atoms with van der Waals surface area (Å²) < 4.78 is 11.5. The van der Waals surface area contributed by atoms with E-state index in [1.807, 2.05) is 0 Å². The van der Waals surface area contributed by atoms with Gasteiger partial charge >= 0.3 is 11.9 Å². The summed E-state index contributed by atoms with van der Waals surface area (Å²) in [5, 5.41) is 9.05. The molecule has 1 aromatic rings. The molecular weight excluding hydrogens is 300 g/mol. The van der Waals surface area contributed by atoms with E-state index < -0.39 is 18.0 Å². The van der Waals surface area contributed by atoms with Gasteiger partial charge in [-0.3, -0.25) is 0 Å². The molecule has 0 saturated carbocycles. The molecule has 0 radical (unpaired) electrons. The van der Waals surface area contributed by atoms with Crippen molar-refractivity contribution in [2.75, 3.05) is 13.7 Å². The molecule has 1 aromatic carbocycles. The highest BCUT2D eigenvalue weighted by molar-refractivity contribution is 5.81. The van der Waals surface area contributed by atoms with Crippen molar-refractivity contribution < 1.29 is 28.7 Å². The van der Waals surface area contributed by atoms with Crippen LogP contribution in [0.3, 0.4) is 0 Å². The van der Waals surface area contributed by atoms with Gasteiger partial charge in [0.1, 0.15) is 6.04 Å². The van der Waals surface area contributed by atoms with E-state index >= 15 is 0 Å². The number of nitrogens with zero attached hydrogens (tertiary/aromatic N) is 1. The van der Waals surface area contributed by atoms with Crippen molar-refractivity contribution in [2.45, 2.75) is 18.8 Å². The van der Waals surface area contributed by atoms with Crippen LogP contribution in [-0.2, 0) is 25.7 Å². The predicted molar refractivity (Wildman–Crippen MR) is 81.5 cm³/mol. The van der Waals surface area contributed by atoms with E-state index in [1.165, 1.54) is 7.11 Å². The maximum Gasteiger partial charge on any atom is 0.373 e. The van der Waals surface area contributed by atoms with E-state index in [1.54, 1.807) is 47.3 Å². The highest BCUT2D eigenvalue weighted by Gasteiger charge is 2.28. The topological polar surface area (TPSA) is 102 Å². The minimum absolute atomic E-state index is 0.0492. The van der Waals surface area contributed by atoms with Gasteiger partial charge in [-0.25, -0.2) is 9.59 Å². The molecule has 23 heavy (non-hydrogen) atoms. The van der Waals surface area contributed by atoms with Gasteiger partial charge in [-0.1, -0.05) is 24.3 Å². The Labute approximate surface area is 133 Å². The maximum atomic E-state index is 12.0. The van der Waals surface area contributed by atoms with Gasteiger partial charge in [0.25, 0.3) is 0 Å². The fourth-order valence-electron chi connectivity index (χ4n) is 2.11. The number of methoxy groups -OCH3 is 1. The average Bonchev–Trinajstić information content (AvgIpc) is 2.97. The van der Waals surface area contributed by atoms with Gasteiger partial charge in [-0.2, -0.15) is 4.58 Å². The summed E-state index contributed by atoms with van der Waals surface area (Å²) in [4.78, 5) is 23.9. The summed E-state index contributed by atoms with van der Waals surface area (Å²) in [6.45, 7) is -0.160. The van der Waals surface area contributed by atoms with E-state index in [2.05, 4.69) is 0 Å². The number of carbonyl (C=O) groups excluding carboxylic acids is 2. The first-order valence-electron chi connectivity index (χ1n) is 7.05. The van der Waals surface area contributed by atoms with Crippen LogP contribution in [0.25, 0.3) is 0 Å². The number of esters is 2. The number of hydrogen-bond donors (Lipinski definition) is 2. The Kier molecular flexibility index (Phi) is 5.61. The zero-order valence-electron chi connectivity index (χ0n) is 12.7. The molecule has 2 unspecified atom stereocenters. The van der Waals surface area contributed by atoms with Crippen molar-refractivity contribution in [1.82, 2.24) is 0 Å². The second kappa shape index (κ2) is 7.66. The third kappa shape index (κ3) is 4.48. The monoisotopic (exact) mass is 319 g/mol. The minimum atomic E-state index is -1.15. The van der Waals surface area contributed by atoms with Gasteiger partial charge in [0.05, 0.1) is 13.7 Å². The minimum Gasteiger partial charge on any atom is -0.466 e. The van der Waals surface area contributed by atoms with Crippen LogP contribution in [0, 0.1) is 0 Å². The number of rotatable bonds is 6. The molecular formula is C16H19N2O5+. The number of ether oxygens (including phenoxy) is 2. The van der Waals surface area contributed by atoms with Crippen molar-refractivity contribution in [2.24, 2.45) is 5.73 Å². The van der Waals surface area contributed by atoms with Gasteiger partial charge in [0.15, 0.2) is 12.4 Å². The smallest absolute Gasteiger partial charge is 0.373 e. The highest BCUT2D eigenvalue weighted by atomic mass is 16.6. The van der Waals surface area contributed by atoms with Crippen LogP contribution in [0.5, 0.6) is 0 Å². The SMILES string of the molecule is COC(=O)C(OC(=O)C[N+]1=CC(N)C=C1)c1ccc(CO)cc1. The van der Waals surface area contributed by atoms with E-state index in [0.29, 0.717) is 11.1 Å². The van der Waals surface area contributed by atoms with Crippen LogP contribution in [0.1, 0.15) is 17.2 Å². The van der Waals surface area contributed by atoms with Crippen molar-refractivity contribution in [1.29, 1.82) is 0 Å². The summed E-state index contributed by atoms with van der Waals surface area (Å²) in [6.07, 6.45) is 3.93. The molecule has 2 atom stereocenters. The van der Waals surface area contributed by atoms with Gasteiger partial charge in [-0.05, 0) is 5.56 Å². The summed E-state index contributed by atoms with van der Waals surface area (Å²) in [5.74, 6) is -1.26. The summed E-state index contributed by atoms with van der Waals surface area (Å²) in [5.41, 5.74) is 6.82. The highest BCUT2D eigenvalue weighted by Crippen LogP contribution is 2.20. The molecule has 0 amide bonds. The molecule has 3 N–H and O–H groups in total. The molecule has 0 aliphatic carbocycles. The standard InChI is InChI=1S/C16H19N2O5/c1-22-16(21)15(12-4-2-11(10-19)3-5-12)23-14(20)9-18-7-6-13(17)8-18/h2-8,13,15,19H,9-10,17H2,1H3/q+1. The Bertz CT molecular complexity index is 636. The quantitative estimate of drug-likeness (QED) is 0.560. The van der Waals surface area contributed by atoms with Crippen molar-refractivity contribution in [3.63, 3.8) is 0 Å². The molecule has 0 fully saturated rings. The first-order valence-corrected chi connectivity index (χ1v) is 7.05. The third-order valence-corrected chi connectivity index (χ3v) is 3.30. The van der Waals surface area contributed by atoms with Crippen LogP contribution in [-0.4, -0.2) is 47.5 Å². The Morgan fingerprint density at radius 3 is 2.57 bits per heavy atom. The molecule has 0 aromatic heterocycles. The molecule has 1 heterocycles. The van der Waals surface area contributed by atoms with Crippen molar-refractivity contribution >= 4 is 18.2 Å². The van der Waals surface area contributed by atoms with E-state index in [0.717, 1.165) is 0 Å². The molecule has 1 aliphatic rings. The average molecular weight is 319 g/mol. The van der Waals surface area contributed by atoms with E-state index in [9.17, 15) is 9.59 Å². The van der Waals surface area contributed by atoms with Crippen LogP contribution in [0.2, 0.25) is 0 Å². The zero-order valence-corrected chi connectivity index (χ0v) is 12.7. The fourth-order valence-corrected chi connectivity index (χ4v) is 2.11.